The molecule has 11 heavy (non-hydrogen) atoms. The Bertz CT molecular complexity index is 207. The van der Waals surface area contributed by atoms with Crippen LogP contribution in [0.25, 0.3) is 0 Å². The maximum atomic E-state index is 10.8. The van der Waals surface area contributed by atoms with Gasteiger partial charge in [0.05, 0.1) is 0 Å². The maximum Gasteiger partial charge on any atom is 0.327 e. The highest BCUT2D eigenvalue weighted by atomic mass is 16.6. The molecule has 5 nitrogen and oxygen atoms in total. The Morgan fingerprint density at radius 1 is 1.27 bits per heavy atom. The summed E-state index contributed by atoms with van der Waals surface area (Å²) in [7, 11) is 0. The molecule has 0 heterocycles. The van der Waals surface area contributed by atoms with Crippen molar-refractivity contribution in [3.05, 3.63) is 10.1 Å². The zero-order valence-electron chi connectivity index (χ0n) is 5.78. The van der Waals surface area contributed by atoms with Gasteiger partial charge in [0.2, 0.25) is 11.6 Å². The first-order valence-electron chi connectivity index (χ1n) is 3.32. The number of Topliss-reactive ketones (excluding diaryl/α,β-unsaturated/α-hetero) is 2. The summed E-state index contributed by atoms with van der Waals surface area (Å²) >= 11 is 0. The van der Waals surface area contributed by atoms with Gasteiger partial charge < -0.3 is 0 Å². The lowest BCUT2D eigenvalue weighted by Crippen LogP contribution is -2.40. The quantitative estimate of drug-likeness (QED) is 0.304. The largest absolute Gasteiger partial charge is 0.327 e. The summed E-state index contributed by atoms with van der Waals surface area (Å²) in [4.78, 5) is 30.9. The fourth-order valence-corrected chi connectivity index (χ4v) is 1.12. The third-order valence-electron chi connectivity index (χ3n) is 1.67. The Hall–Kier alpha value is -1.26. The van der Waals surface area contributed by atoms with Gasteiger partial charge in [0.1, 0.15) is 0 Å². The van der Waals surface area contributed by atoms with Crippen LogP contribution in [0.5, 0.6) is 0 Å². The molecular weight excluding hydrogens is 150 g/mol. The third kappa shape index (κ3) is 1.42. The molecule has 0 radical (unpaired) electrons. The second-order valence-electron chi connectivity index (χ2n) is 2.47. The molecule has 0 aromatic rings. The van der Waals surface area contributed by atoms with Gasteiger partial charge >= 0.3 is 6.04 Å². The SMILES string of the molecule is O=C1CCCC(=O)C1[N+](=O)[O-]. The van der Waals surface area contributed by atoms with Gasteiger partial charge in [0.25, 0.3) is 0 Å². The van der Waals surface area contributed by atoms with Crippen LogP contribution in [0.4, 0.5) is 0 Å². The van der Waals surface area contributed by atoms with Crippen molar-refractivity contribution in [2.45, 2.75) is 25.3 Å². The minimum Gasteiger partial charge on any atom is -0.291 e. The molecule has 5 heteroatoms. The smallest absolute Gasteiger partial charge is 0.291 e. The molecule has 0 aromatic carbocycles. The van der Waals surface area contributed by atoms with Gasteiger partial charge in [-0.25, -0.2) is 0 Å². The van der Waals surface area contributed by atoms with Crippen LogP contribution in [0.1, 0.15) is 19.3 Å². The highest BCUT2D eigenvalue weighted by molar-refractivity contribution is 6.06. The molecule has 0 aliphatic heterocycles. The number of rotatable bonds is 1. The summed E-state index contributed by atoms with van der Waals surface area (Å²) in [5.41, 5.74) is 0. The predicted octanol–water partition coefficient (Wildman–Crippen LogP) is -0.0462. The normalized spacial score (nSPS) is 20.4. The van der Waals surface area contributed by atoms with Crippen LogP contribution in [0, 0.1) is 10.1 Å². The first kappa shape index (κ1) is 7.84. The topological polar surface area (TPSA) is 77.3 Å². The Morgan fingerprint density at radius 2 is 1.73 bits per heavy atom. The molecule has 1 rings (SSSR count). The van der Waals surface area contributed by atoms with E-state index in [1.807, 2.05) is 0 Å². The number of carbonyl (C=O) groups excluding carboxylic acids is 2. The van der Waals surface area contributed by atoms with Gasteiger partial charge in [-0.1, -0.05) is 0 Å². The summed E-state index contributed by atoms with van der Waals surface area (Å²) in [5, 5.41) is 10.1. The number of carbonyl (C=O) groups is 2. The summed E-state index contributed by atoms with van der Waals surface area (Å²) in [6, 6.07) is -1.57. The van der Waals surface area contributed by atoms with Crippen molar-refractivity contribution in [3.63, 3.8) is 0 Å². The van der Waals surface area contributed by atoms with Crippen molar-refractivity contribution in [2.24, 2.45) is 0 Å². The van der Waals surface area contributed by atoms with Crippen LogP contribution in [-0.2, 0) is 9.59 Å². The summed E-state index contributed by atoms with van der Waals surface area (Å²) in [6.07, 6.45) is 0.788. The number of ketones is 2. The van der Waals surface area contributed by atoms with E-state index in [0.717, 1.165) is 0 Å². The lowest BCUT2D eigenvalue weighted by atomic mass is 9.93. The van der Waals surface area contributed by atoms with E-state index in [2.05, 4.69) is 0 Å². The van der Waals surface area contributed by atoms with Gasteiger partial charge in [0, 0.05) is 17.8 Å². The van der Waals surface area contributed by atoms with Crippen LogP contribution in [-0.4, -0.2) is 22.5 Å². The van der Waals surface area contributed by atoms with E-state index in [1.54, 1.807) is 0 Å². The van der Waals surface area contributed by atoms with Gasteiger partial charge in [-0.3, -0.25) is 19.7 Å². The van der Waals surface area contributed by atoms with Crippen molar-refractivity contribution in [2.75, 3.05) is 0 Å². The minimum absolute atomic E-state index is 0.164. The molecule has 1 aliphatic rings. The van der Waals surface area contributed by atoms with Crippen LogP contribution in [0.2, 0.25) is 0 Å². The summed E-state index contributed by atoms with van der Waals surface area (Å²) < 4.78 is 0. The molecule has 0 bridgehead atoms. The van der Waals surface area contributed by atoms with Gasteiger partial charge in [-0.05, 0) is 6.42 Å². The van der Waals surface area contributed by atoms with Crippen molar-refractivity contribution in [1.29, 1.82) is 0 Å². The second-order valence-corrected chi connectivity index (χ2v) is 2.47. The molecule has 1 aliphatic carbocycles. The lowest BCUT2D eigenvalue weighted by Gasteiger charge is -2.11. The molecule has 1 fully saturated rings. The zero-order valence-corrected chi connectivity index (χ0v) is 5.78. The average Bonchev–Trinajstić information content (AvgIpc) is 1.85. The predicted molar refractivity (Wildman–Crippen MR) is 34.6 cm³/mol. The number of nitro groups is 1. The zero-order chi connectivity index (χ0) is 8.43. The first-order chi connectivity index (χ1) is 5.13. The van der Waals surface area contributed by atoms with Crippen molar-refractivity contribution < 1.29 is 14.5 Å². The Morgan fingerprint density at radius 3 is 2.00 bits per heavy atom. The molecule has 0 spiro atoms. The average molecular weight is 157 g/mol. The van der Waals surface area contributed by atoms with E-state index in [9.17, 15) is 19.7 Å². The standard InChI is InChI=1S/C6H7NO4/c8-4-2-1-3-5(9)6(4)7(10)11/h6H,1-3H2. The molecule has 0 saturated heterocycles. The molecule has 0 atom stereocenters. The van der Waals surface area contributed by atoms with E-state index in [1.165, 1.54) is 0 Å². The van der Waals surface area contributed by atoms with Crippen LogP contribution in [0.15, 0.2) is 0 Å². The third-order valence-corrected chi connectivity index (χ3v) is 1.67. The number of nitrogens with zero attached hydrogens (tertiary/aromatic N) is 1. The molecule has 60 valence electrons. The molecule has 0 N–H and O–H groups in total. The van der Waals surface area contributed by atoms with Crippen molar-refractivity contribution >= 4 is 11.6 Å². The van der Waals surface area contributed by atoms with Crippen LogP contribution < -0.4 is 0 Å². The summed E-state index contributed by atoms with van der Waals surface area (Å²) in [6.45, 7) is 0. The maximum absolute atomic E-state index is 10.8. The minimum atomic E-state index is -1.57. The van der Waals surface area contributed by atoms with Crippen molar-refractivity contribution in [1.82, 2.24) is 0 Å². The fraction of sp³-hybridized carbons (Fsp3) is 0.667. The Balaban J connectivity index is 2.79. The van der Waals surface area contributed by atoms with E-state index in [4.69, 9.17) is 0 Å². The Kier molecular flexibility index (Phi) is 1.98. The molecular formula is C6H7NO4. The molecule has 0 unspecified atom stereocenters. The molecule has 0 amide bonds. The van der Waals surface area contributed by atoms with Crippen LogP contribution in [0.3, 0.4) is 0 Å². The number of hydrogen-bond acceptors (Lipinski definition) is 4. The number of hydrogen-bond donors (Lipinski definition) is 0. The van der Waals surface area contributed by atoms with Gasteiger partial charge in [-0.2, -0.15) is 0 Å². The van der Waals surface area contributed by atoms with Crippen LogP contribution >= 0.6 is 0 Å². The van der Waals surface area contributed by atoms with Crippen molar-refractivity contribution in [3.8, 4) is 0 Å². The first-order valence-corrected chi connectivity index (χ1v) is 3.32. The highest BCUT2D eigenvalue weighted by Gasteiger charge is 2.39. The fourth-order valence-electron chi connectivity index (χ4n) is 1.12. The lowest BCUT2D eigenvalue weighted by molar-refractivity contribution is -0.494. The monoisotopic (exact) mass is 157 g/mol. The van der Waals surface area contributed by atoms with E-state index in [0.29, 0.717) is 6.42 Å². The van der Waals surface area contributed by atoms with E-state index >= 15 is 0 Å². The van der Waals surface area contributed by atoms with E-state index < -0.39 is 22.5 Å². The van der Waals surface area contributed by atoms with Gasteiger partial charge in [-0.15, -0.1) is 0 Å². The highest BCUT2D eigenvalue weighted by Crippen LogP contribution is 2.13. The summed E-state index contributed by atoms with van der Waals surface area (Å²) in [5.74, 6) is -1.10. The van der Waals surface area contributed by atoms with E-state index in [-0.39, 0.29) is 12.8 Å². The molecule has 0 aromatic heterocycles. The molecule has 1 saturated carbocycles. The second kappa shape index (κ2) is 2.77. The Labute approximate surface area is 62.5 Å². The van der Waals surface area contributed by atoms with Gasteiger partial charge in [0.15, 0.2) is 0 Å².